The lowest BCUT2D eigenvalue weighted by atomic mass is 9.97. The van der Waals surface area contributed by atoms with Crippen LogP contribution in [0.5, 0.6) is 0 Å². The Morgan fingerprint density at radius 3 is 2.11 bits per heavy atom. The van der Waals surface area contributed by atoms with Crippen LogP contribution in [0.2, 0.25) is 5.02 Å². The Morgan fingerprint density at radius 1 is 0.833 bits per heavy atom. The molecule has 2 atom stereocenters. The monoisotopic (exact) mass is 496 g/mol. The first-order valence-corrected chi connectivity index (χ1v) is 11.7. The van der Waals surface area contributed by atoms with E-state index in [4.69, 9.17) is 11.6 Å². The molecule has 6 nitrogen and oxygen atoms in total. The van der Waals surface area contributed by atoms with Crippen molar-refractivity contribution < 1.29 is 19.5 Å². The van der Waals surface area contributed by atoms with Gasteiger partial charge in [-0.05, 0) is 46.5 Å². The number of halogens is 1. The van der Waals surface area contributed by atoms with Crippen LogP contribution >= 0.6 is 11.6 Å². The van der Waals surface area contributed by atoms with Gasteiger partial charge in [0, 0.05) is 5.02 Å². The molecule has 2 amide bonds. The molecule has 2 unspecified atom stereocenters. The van der Waals surface area contributed by atoms with Gasteiger partial charge >= 0.3 is 5.97 Å². The molecule has 4 aromatic rings. The minimum Gasteiger partial charge on any atom is -0.479 e. The van der Waals surface area contributed by atoms with Gasteiger partial charge < -0.3 is 15.3 Å². The summed E-state index contributed by atoms with van der Waals surface area (Å²) in [7, 11) is 0. The van der Waals surface area contributed by atoms with E-state index in [2.05, 4.69) is 5.32 Å². The molecular formula is C29H21ClN2O4. The molecule has 1 aliphatic heterocycles. The average Bonchev–Trinajstić information content (AvgIpc) is 2.99. The second kappa shape index (κ2) is 9.68. The van der Waals surface area contributed by atoms with Gasteiger partial charge in [0.25, 0.3) is 11.8 Å². The molecule has 0 saturated carbocycles. The third-order valence-corrected chi connectivity index (χ3v) is 6.44. The molecule has 0 fully saturated rings. The van der Waals surface area contributed by atoms with Gasteiger partial charge in [-0.3, -0.25) is 9.59 Å². The van der Waals surface area contributed by atoms with Crippen LogP contribution < -0.4 is 5.32 Å². The van der Waals surface area contributed by atoms with Crippen molar-refractivity contribution in [1.29, 1.82) is 0 Å². The summed E-state index contributed by atoms with van der Waals surface area (Å²) in [4.78, 5) is 41.6. The Balaban J connectivity index is 1.71. The van der Waals surface area contributed by atoms with Crippen LogP contribution in [0.3, 0.4) is 0 Å². The summed E-state index contributed by atoms with van der Waals surface area (Å²) < 4.78 is 0. The Labute approximate surface area is 212 Å². The Hall–Kier alpha value is -4.42. The predicted octanol–water partition coefficient (Wildman–Crippen LogP) is 5.97. The first-order valence-electron chi connectivity index (χ1n) is 11.3. The largest absolute Gasteiger partial charge is 0.479 e. The topological polar surface area (TPSA) is 86.7 Å². The number of hydrogen-bond acceptors (Lipinski definition) is 3. The minimum absolute atomic E-state index is 0.211. The number of anilines is 1. The van der Waals surface area contributed by atoms with E-state index in [1.54, 1.807) is 66.7 Å². The molecule has 36 heavy (non-hydrogen) atoms. The number of amides is 2. The van der Waals surface area contributed by atoms with Crippen molar-refractivity contribution in [2.75, 3.05) is 5.32 Å². The lowest BCUT2D eigenvalue weighted by molar-refractivity contribution is -0.144. The van der Waals surface area contributed by atoms with E-state index < -0.39 is 29.9 Å². The minimum atomic E-state index is -1.41. The van der Waals surface area contributed by atoms with Gasteiger partial charge in [0.1, 0.15) is 6.04 Å². The molecule has 0 spiro atoms. The van der Waals surface area contributed by atoms with Crippen LogP contribution in [0.1, 0.15) is 33.6 Å². The van der Waals surface area contributed by atoms with Crippen LogP contribution in [0.4, 0.5) is 5.69 Å². The summed E-state index contributed by atoms with van der Waals surface area (Å²) in [6.07, 6.45) is 0. The number of hydrogen-bond donors (Lipinski definition) is 2. The number of aliphatic carboxylic acids is 1. The van der Waals surface area contributed by atoms with E-state index in [-0.39, 0.29) is 5.56 Å². The lowest BCUT2D eigenvalue weighted by Gasteiger charge is -2.34. The van der Waals surface area contributed by atoms with E-state index in [1.807, 2.05) is 36.4 Å². The summed E-state index contributed by atoms with van der Waals surface area (Å²) >= 11 is 6.07. The van der Waals surface area contributed by atoms with Crippen LogP contribution in [-0.4, -0.2) is 27.8 Å². The highest BCUT2D eigenvalue weighted by Crippen LogP contribution is 2.39. The highest BCUT2D eigenvalue weighted by atomic mass is 35.5. The zero-order chi connectivity index (χ0) is 25.2. The van der Waals surface area contributed by atoms with Gasteiger partial charge in [0.15, 0.2) is 6.04 Å². The molecule has 0 aromatic heterocycles. The fourth-order valence-corrected chi connectivity index (χ4v) is 4.63. The van der Waals surface area contributed by atoms with Crippen molar-refractivity contribution in [3.8, 4) is 11.1 Å². The fraction of sp³-hybridized carbons (Fsp3) is 0.0690. The molecule has 1 heterocycles. The number of nitrogens with zero attached hydrogens (tertiary/aromatic N) is 1. The van der Waals surface area contributed by atoms with Crippen LogP contribution in [-0.2, 0) is 9.59 Å². The van der Waals surface area contributed by atoms with E-state index in [9.17, 15) is 19.5 Å². The summed E-state index contributed by atoms with van der Waals surface area (Å²) in [6, 6.07) is 27.0. The second-order valence-corrected chi connectivity index (χ2v) is 8.87. The van der Waals surface area contributed by atoms with E-state index in [1.165, 1.54) is 0 Å². The molecule has 0 bridgehead atoms. The third-order valence-electron chi connectivity index (χ3n) is 6.19. The number of nitrogens with one attached hydrogen (secondary N) is 1. The highest BCUT2D eigenvalue weighted by Gasteiger charge is 2.43. The highest BCUT2D eigenvalue weighted by molar-refractivity contribution is 6.30. The van der Waals surface area contributed by atoms with Crippen LogP contribution in [0.15, 0.2) is 103 Å². The third kappa shape index (κ3) is 4.34. The Kier molecular flexibility index (Phi) is 6.27. The zero-order valence-electron chi connectivity index (χ0n) is 19.0. The predicted molar refractivity (Wildman–Crippen MR) is 138 cm³/mol. The number of carboxylic acids is 1. The van der Waals surface area contributed by atoms with Gasteiger partial charge in [0.05, 0.1) is 11.3 Å². The normalized spacial score (nSPS) is 16.0. The van der Waals surface area contributed by atoms with Crippen molar-refractivity contribution in [2.24, 2.45) is 0 Å². The summed E-state index contributed by atoms with van der Waals surface area (Å²) in [6.45, 7) is 0. The SMILES string of the molecule is O=C(O)C(c1ccccc1)N1C(=O)c2cc(-c3ccccc3)ccc2NC(=O)C1c1ccc(Cl)cc1. The maximum absolute atomic E-state index is 14.2. The van der Waals surface area contributed by atoms with E-state index in [0.717, 1.165) is 16.0 Å². The summed E-state index contributed by atoms with van der Waals surface area (Å²) in [5.41, 5.74) is 3.03. The van der Waals surface area contributed by atoms with Crippen molar-refractivity contribution >= 4 is 35.1 Å². The summed E-state index contributed by atoms with van der Waals surface area (Å²) in [5, 5.41) is 13.6. The lowest BCUT2D eigenvalue weighted by Crippen LogP contribution is -2.44. The van der Waals surface area contributed by atoms with E-state index in [0.29, 0.717) is 21.8 Å². The van der Waals surface area contributed by atoms with Gasteiger partial charge in [0.2, 0.25) is 0 Å². The molecule has 1 aliphatic rings. The van der Waals surface area contributed by atoms with E-state index >= 15 is 0 Å². The molecule has 0 radical (unpaired) electrons. The second-order valence-electron chi connectivity index (χ2n) is 8.43. The molecule has 0 saturated heterocycles. The van der Waals surface area contributed by atoms with Crippen molar-refractivity contribution in [3.63, 3.8) is 0 Å². The van der Waals surface area contributed by atoms with Gasteiger partial charge in [-0.2, -0.15) is 0 Å². The molecular weight excluding hydrogens is 476 g/mol. The van der Waals surface area contributed by atoms with Crippen LogP contribution in [0, 0.1) is 0 Å². The van der Waals surface area contributed by atoms with Crippen LogP contribution in [0.25, 0.3) is 11.1 Å². The number of carbonyl (C=O) groups is 3. The number of benzene rings is 4. The van der Waals surface area contributed by atoms with Gasteiger partial charge in [-0.1, -0.05) is 90.5 Å². The molecule has 2 N–H and O–H groups in total. The molecule has 5 rings (SSSR count). The number of carboxylic acid groups (broad SMARTS) is 1. The summed E-state index contributed by atoms with van der Waals surface area (Å²) in [5.74, 6) is -2.33. The quantitative estimate of drug-likeness (QED) is 0.356. The molecule has 7 heteroatoms. The maximum Gasteiger partial charge on any atom is 0.331 e. The van der Waals surface area contributed by atoms with Crippen molar-refractivity contribution in [1.82, 2.24) is 4.90 Å². The fourth-order valence-electron chi connectivity index (χ4n) is 4.50. The molecule has 0 aliphatic carbocycles. The Morgan fingerprint density at radius 2 is 1.47 bits per heavy atom. The standard InChI is InChI=1S/C29H21ClN2O4/c30-22-14-11-20(12-15-22)25-27(33)31-24-16-13-21(18-7-3-1-4-8-18)17-23(24)28(34)32(25)26(29(35)36)19-9-5-2-6-10-19/h1-17,25-26H,(H,31,33)(H,35,36). The van der Waals surface area contributed by atoms with Gasteiger partial charge in [-0.15, -0.1) is 0 Å². The maximum atomic E-state index is 14.2. The van der Waals surface area contributed by atoms with Gasteiger partial charge in [-0.25, -0.2) is 4.79 Å². The van der Waals surface area contributed by atoms with Crippen molar-refractivity contribution in [2.45, 2.75) is 12.1 Å². The first kappa shape index (κ1) is 23.3. The zero-order valence-corrected chi connectivity index (χ0v) is 19.7. The number of rotatable bonds is 5. The molecule has 4 aromatic carbocycles. The smallest absolute Gasteiger partial charge is 0.331 e. The number of fused-ring (bicyclic) bond motifs is 1. The first-order chi connectivity index (χ1) is 17.4. The molecule has 178 valence electrons. The Bertz CT molecular complexity index is 1440. The number of carbonyl (C=O) groups excluding carboxylic acids is 2. The average molecular weight is 497 g/mol. The van der Waals surface area contributed by atoms with Crippen molar-refractivity contribution in [3.05, 3.63) is 125 Å².